The largest absolute Gasteiger partial charge is 0.507 e. The van der Waals surface area contributed by atoms with Crippen LogP contribution in [0.15, 0.2) is 18.2 Å². The first-order chi connectivity index (χ1) is 8.29. The van der Waals surface area contributed by atoms with Gasteiger partial charge >= 0.3 is 5.97 Å². The zero-order valence-electron chi connectivity index (χ0n) is 11.1. The Morgan fingerprint density at radius 3 is 2.56 bits per heavy atom. The molecule has 0 bridgehead atoms. The molecule has 0 amide bonds. The molecule has 5 heteroatoms. The fraction of sp³-hybridized carbons (Fsp3) is 0.462. The van der Waals surface area contributed by atoms with Gasteiger partial charge in [0.1, 0.15) is 17.1 Å². The molecule has 0 spiro atoms. The number of carbonyl (C=O) groups is 1. The summed E-state index contributed by atoms with van der Waals surface area (Å²) < 4.78 is 5.49. The van der Waals surface area contributed by atoms with Gasteiger partial charge in [-0.25, -0.2) is 4.79 Å². The third-order valence-corrected chi connectivity index (χ3v) is 4.39. The highest BCUT2D eigenvalue weighted by Crippen LogP contribution is 2.23. The maximum Gasteiger partial charge on any atom is 0.339 e. The van der Waals surface area contributed by atoms with Crippen molar-refractivity contribution in [1.29, 1.82) is 0 Å². The normalized spacial score (nSPS) is 11.3. The van der Waals surface area contributed by atoms with Gasteiger partial charge in [-0.15, -0.1) is 0 Å². The van der Waals surface area contributed by atoms with Gasteiger partial charge in [-0.2, -0.15) is 0 Å². The lowest BCUT2D eigenvalue weighted by atomic mass is 10.2. The average molecular weight is 268 g/mol. The molecule has 0 atom stereocenters. The van der Waals surface area contributed by atoms with Crippen molar-refractivity contribution in [3.63, 3.8) is 0 Å². The lowest BCUT2D eigenvalue weighted by Gasteiger charge is -2.15. The molecule has 2 N–H and O–H groups in total. The van der Waals surface area contributed by atoms with Crippen molar-refractivity contribution < 1.29 is 19.7 Å². The Hall–Kier alpha value is -1.49. The molecule has 0 radical (unpaired) electrons. The van der Waals surface area contributed by atoms with E-state index in [1.807, 2.05) is 0 Å². The highest BCUT2D eigenvalue weighted by molar-refractivity contribution is 6.76. The minimum Gasteiger partial charge on any atom is -0.507 e. The summed E-state index contributed by atoms with van der Waals surface area (Å²) in [6, 6.07) is 5.46. The number of ether oxygens (including phenoxy) is 1. The Morgan fingerprint density at radius 1 is 1.33 bits per heavy atom. The average Bonchev–Trinajstić information content (AvgIpc) is 2.24. The van der Waals surface area contributed by atoms with E-state index < -0.39 is 14.0 Å². The predicted octanol–water partition coefficient (Wildman–Crippen LogP) is 3.20. The van der Waals surface area contributed by atoms with E-state index in [2.05, 4.69) is 19.6 Å². The highest BCUT2D eigenvalue weighted by atomic mass is 28.3. The molecule has 0 heterocycles. The number of carboxylic acids is 1. The van der Waals surface area contributed by atoms with Gasteiger partial charge in [-0.05, 0) is 24.6 Å². The molecule has 18 heavy (non-hydrogen) atoms. The first-order valence-corrected chi connectivity index (χ1v) is 9.69. The van der Waals surface area contributed by atoms with E-state index in [9.17, 15) is 9.90 Å². The minimum absolute atomic E-state index is 0.127. The van der Waals surface area contributed by atoms with Crippen LogP contribution in [0.1, 0.15) is 16.8 Å². The van der Waals surface area contributed by atoms with Crippen LogP contribution in [0, 0.1) is 0 Å². The van der Waals surface area contributed by atoms with Gasteiger partial charge in [0.25, 0.3) is 0 Å². The fourth-order valence-electron chi connectivity index (χ4n) is 1.57. The van der Waals surface area contributed by atoms with E-state index in [0.717, 1.165) is 6.42 Å². The SMILES string of the molecule is C[Si](C)(C)CCCOc1ccc(O)c(C(=O)O)c1. The maximum absolute atomic E-state index is 10.8. The fourth-order valence-corrected chi connectivity index (χ4v) is 2.77. The number of aromatic carboxylic acids is 1. The lowest BCUT2D eigenvalue weighted by molar-refractivity contribution is 0.0693. The lowest BCUT2D eigenvalue weighted by Crippen LogP contribution is -2.20. The summed E-state index contributed by atoms with van der Waals surface area (Å²) in [6.45, 7) is 7.48. The monoisotopic (exact) mass is 268 g/mol. The zero-order valence-corrected chi connectivity index (χ0v) is 12.1. The molecular weight excluding hydrogens is 248 g/mol. The number of benzene rings is 1. The molecule has 1 aromatic rings. The van der Waals surface area contributed by atoms with E-state index in [1.165, 1.54) is 18.2 Å². The third-order valence-electron chi connectivity index (χ3n) is 2.54. The molecule has 0 aliphatic heterocycles. The number of aromatic hydroxyl groups is 1. The van der Waals surface area contributed by atoms with Crippen molar-refractivity contribution in [2.75, 3.05) is 6.61 Å². The Balaban J connectivity index is 2.53. The molecule has 0 unspecified atom stereocenters. The van der Waals surface area contributed by atoms with Crippen molar-refractivity contribution in [2.45, 2.75) is 32.1 Å². The second-order valence-electron chi connectivity index (χ2n) is 5.50. The smallest absolute Gasteiger partial charge is 0.339 e. The van der Waals surface area contributed by atoms with Crippen molar-refractivity contribution in [3.8, 4) is 11.5 Å². The molecule has 4 nitrogen and oxygen atoms in total. The van der Waals surface area contributed by atoms with Crippen LogP contribution < -0.4 is 4.74 Å². The maximum atomic E-state index is 10.8. The molecule has 0 aliphatic rings. The number of hydrogen-bond donors (Lipinski definition) is 2. The number of carboxylic acid groups (broad SMARTS) is 1. The van der Waals surface area contributed by atoms with Crippen LogP contribution in [-0.2, 0) is 0 Å². The van der Waals surface area contributed by atoms with Gasteiger partial charge < -0.3 is 14.9 Å². The first kappa shape index (κ1) is 14.6. The van der Waals surface area contributed by atoms with Gasteiger partial charge in [0.15, 0.2) is 0 Å². The van der Waals surface area contributed by atoms with Crippen LogP contribution >= 0.6 is 0 Å². The van der Waals surface area contributed by atoms with Crippen molar-refractivity contribution in [2.24, 2.45) is 0 Å². The van der Waals surface area contributed by atoms with Crippen LogP contribution in [0.2, 0.25) is 25.7 Å². The van der Waals surface area contributed by atoms with Crippen LogP contribution in [0.4, 0.5) is 0 Å². The first-order valence-electron chi connectivity index (χ1n) is 5.99. The molecule has 0 saturated carbocycles. The molecule has 0 fully saturated rings. The van der Waals surface area contributed by atoms with E-state index in [0.29, 0.717) is 12.4 Å². The highest BCUT2D eigenvalue weighted by Gasteiger charge is 2.13. The van der Waals surface area contributed by atoms with Crippen LogP contribution in [-0.4, -0.2) is 30.9 Å². The van der Waals surface area contributed by atoms with E-state index in [1.54, 1.807) is 6.07 Å². The Morgan fingerprint density at radius 2 is 2.00 bits per heavy atom. The minimum atomic E-state index is -1.15. The van der Waals surface area contributed by atoms with Crippen molar-refractivity contribution in [1.82, 2.24) is 0 Å². The number of hydrogen-bond acceptors (Lipinski definition) is 3. The summed E-state index contributed by atoms with van der Waals surface area (Å²) in [4.78, 5) is 10.8. The second-order valence-corrected chi connectivity index (χ2v) is 11.1. The molecule has 100 valence electrons. The number of rotatable bonds is 6. The van der Waals surface area contributed by atoms with Crippen molar-refractivity contribution >= 4 is 14.0 Å². The quantitative estimate of drug-likeness (QED) is 0.614. The molecule has 0 aromatic heterocycles. The van der Waals surface area contributed by atoms with Gasteiger partial charge in [-0.1, -0.05) is 25.7 Å². The van der Waals surface area contributed by atoms with Gasteiger partial charge in [0.2, 0.25) is 0 Å². The van der Waals surface area contributed by atoms with E-state index in [-0.39, 0.29) is 11.3 Å². The number of phenols is 1. The summed E-state index contributed by atoms with van der Waals surface area (Å²) >= 11 is 0. The van der Waals surface area contributed by atoms with E-state index >= 15 is 0 Å². The summed E-state index contributed by atoms with van der Waals surface area (Å²) in [5, 5.41) is 18.2. The second kappa shape index (κ2) is 5.91. The summed E-state index contributed by atoms with van der Waals surface area (Å²) in [5.74, 6) is -0.905. The Labute approximate surface area is 108 Å². The van der Waals surface area contributed by atoms with Crippen LogP contribution in [0.3, 0.4) is 0 Å². The van der Waals surface area contributed by atoms with Crippen LogP contribution in [0.25, 0.3) is 0 Å². The Kier molecular flexibility index (Phi) is 4.78. The summed E-state index contributed by atoms with van der Waals surface area (Å²) in [7, 11) is -1.05. The molecular formula is C13H20O4Si. The molecule has 1 rings (SSSR count). The molecule has 0 saturated heterocycles. The Bertz CT molecular complexity index is 423. The predicted molar refractivity (Wildman–Crippen MR) is 73.3 cm³/mol. The summed E-state index contributed by atoms with van der Waals surface area (Å²) in [5.41, 5.74) is -0.127. The van der Waals surface area contributed by atoms with Gasteiger partial charge in [0.05, 0.1) is 6.61 Å². The van der Waals surface area contributed by atoms with E-state index in [4.69, 9.17) is 9.84 Å². The van der Waals surface area contributed by atoms with Crippen molar-refractivity contribution in [3.05, 3.63) is 23.8 Å². The molecule has 0 aliphatic carbocycles. The van der Waals surface area contributed by atoms with Gasteiger partial charge in [-0.3, -0.25) is 0 Å². The summed E-state index contributed by atoms with van der Waals surface area (Å²) in [6.07, 6.45) is 0.971. The molecule has 1 aromatic carbocycles. The van der Waals surface area contributed by atoms with Crippen LogP contribution in [0.5, 0.6) is 11.5 Å². The third kappa shape index (κ3) is 4.79. The van der Waals surface area contributed by atoms with Gasteiger partial charge in [0, 0.05) is 8.07 Å². The topological polar surface area (TPSA) is 66.8 Å². The standard InChI is InChI=1S/C13H20O4Si/c1-18(2,3)8-4-7-17-10-5-6-12(14)11(9-10)13(15)16/h5-6,9,14H,4,7-8H2,1-3H3,(H,15,16). The zero-order chi connectivity index (χ0) is 13.8.